The number of allylic oxidation sites excluding steroid dienone is 5. The van der Waals surface area contributed by atoms with Crippen LogP contribution in [0.4, 0.5) is 0 Å². The molecule has 3 heteroatoms. The maximum Gasteiger partial charge on any atom is 0.0497 e. The molecule has 0 fully saturated rings. The Hall–Kier alpha value is -1.19. The molecule has 0 N–H and O–H groups in total. The van der Waals surface area contributed by atoms with E-state index in [1.165, 1.54) is 40.8 Å². The minimum absolute atomic E-state index is 0.171. The Morgan fingerprint density at radius 2 is 1.87 bits per heavy atom. The quantitative estimate of drug-likeness (QED) is 0.238. The van der Waals surface area contributed by atoms with Crippen LogP contribution in [0.2, 0.25) is 0 Å². The van der Waals surface area contributed by atoms with Gasteiger partial charge < -0.3 is 4.57 Å². The lowest BCUT2D eigenvalue weighted by molar-refractivity contribution is 0.313. The third kappa shape index (κ3) is 7.20. The zero-order chi connectivity index (χ0) is 22.4. The predicted molar refractivity (Wildman–Crippen MR) is 141 cm³/mol. The number of rotatable bonds is 10. The van der Waals surface area contributed by atoms with E-state index in [0.717, 1.165) is 17.4 Å². The normalized spacial score (nSPS) is 13.5. The zero-order valence-corrected chi connectivity index (χ0v) is 22.0. The van der Waals surface area contributed by atoms with Gasteiger partial charge in [-0.3, -0.25) is 0 Å². The molecule has 0 aliphatic rings. The molecule has 1 heterocycles. The summed E-state index contributed by atoms with van der Waals surface area (Å²) < 4.78 is 3.70. The monoisotopic (exact) mass is 487 g/mol. The molecule has 164 valence electrons. The molecule has 0 atom stereocenters. The van der Waals surface area contributed by atoms with Crippen LogP contribution in [-0.2, 0) is 13.0 Å². The van der Waals surface area contributed by atoms with Crippen LogP contribution in [0, 0.1) is 5.41 Å². The lowest BCUT2D eigenvalue weighted by Crippen LogP contribution is -2.19. The molecular weight excluding hydrogens is 450 g/mol. The van der Waals surface area contributed by atoms with Crippen molar-refractivity contribution >= 4 is 38.6 Å². The second kappa shape index (κ2) is 10.9. The molecule has 0 aliphatic heterocycles. The van der Waals surface area contributed by atoms with Crippen molar-refractivity contribution in [3.8, 4) is 0 Å². The third-order valence-electron chi connectivity index (χ3n) is 5.16. The van der Waals surface area contributed by atoms with Gasteiger partial charge in [-0.1, -0.05) is 113 Å². The number of unbranched alkanes of at least 4 members (excludes halogenated alkanes) is 1. The summed E-state index contributed by atoms with van der Waals surface area (Å²) in [6, 6.07) is 8.90. The number of thioether (sulfide) groups is 1. The van der Waals surface area contributed by atoms with Crippen LogP contribution in [0.15, 0.2) is 64.5 Å². The largest absolute Gasteiger partial charge is 0.340 e. The highest BCUT2D eigenvalue weighted by atomic mass is 79.9. The second-order valence-electron chi connectivity index (χ2n) is 9.75. The number of aromatic nitrogens is 1. The minimum Gasteiger partial charge on any atom is -0.340 e. The van der Waals surface area contributed by atoms with Gasteiger partial charge in [-0.05, 0) is 30.4 Å². The van der Waals surface area contributed by atoms with Crippen molar-refractivity contribution in [2.24, 2.45) is 5.41 Å². The molecule has 2 aromatic rings. The van der Waals surface area contributed by atoms with E-state index in [1.54, 1.807) is 0 Å². The van der Waals surface area contributed by atoms with Crippen molar-refractivity contribution in [3.05, 3.63) is 65.3 Å². The van der Waals surface area contributed by atoms with Crippen LogP contribution in [0.5, 0.6) is 0 Å². The first-order chi connectivity index (χ1) is 14.1. The van der Waals surface area contributed by atoms with Crippen molar-refractivity contribution in [1.29, 1.82) is 0 Å². The predicted octanol–water partition coefficient (Wildman–Crippen LogP) is 9.31. The highest BCUT2D eigenvalue weighted by Gasteiger charge is 2.27. The molecule has 0 saturated carbocycles. The Kier molecular flexibility index (Phi) is 9.12. The summed E-state index contributed by atoms with van der Waals surface area (Å²) in [5.41, 5.74) is 3.10. The van der Waals surface area contributed by atoms with Crippen LogP contribution in [-0.4, -0.2) is 9.31 Å². The molecular formula is C27H38BrNS. The lowest BCUT2D eigenvalue weighted by atomic mass is 9.82. The van der Waals surface area contributed by atoms with Gasteiger partial charge in [0.05, 0.1) is 0 Å². The first kappa shape index (κ1) is 25.1. The van der Waals surface area contributed by atoms with E-state index in [-0.39, 0.29) is 10.2 Å². The standard InChI is InChI=1S/C27H38BrNS/c1-8-10-18-27(6,7)20-24-25(30-26(3,4)5)22-16-11-12-17-23(22)29(24)19-14-13-15-21(28)9-2/h9,11-17H,2,8,10,18-20H2,1,3-7H3/b14-13+,21-15+. The Bertz CT molecular complexity index is 909. The van der Waals surface area contributed by atoms with Gasteiger partial charge in [-0.15, -0.1) is 11.8 Å². The number of hydrogen-bond donors (Lipinski definition) is 0. The van der Waals surface area contributed by atoms with Crippen molar-refractivity contribution in [3.63, 3.8) is 0 Å². The van der Waals surface area contributed by atoms with Crippen molar-refractivity contribution < 1.29 is 0 Å². The molecule has 0 unspecified atom stereocenters. The fourth-order valence-corrected chi connectivity index (χ4v) is 5.07. The molecule has 0 saturated heterocycles. The van der Waals surface area contributed by atoms with Gasteiger partial charge in [-0.25, -0.2) is 0 Å². The molecule has 0 radical (unpaired) electrons. The van der Waals surface area contributed by atoms with Gasteiger partial charge in [0.1, 0.15) is 0 Å². The SMILES string of the molecule is C=C/C(Br)=C\C=C\Cn1c(CC(C)(C)CCCC)c(SC(C)(C)C)c2ccccc21. The summed E-state index contributed by atoms with van der Waals surface area (Å²) >= 11 is 5.51. The highest BCUT2D eigenvalue weighted by Crippen LogP contribution is 2.43. The van der Waals surface area contributed by atoms with Crippen LogP contribution < -0.4 is 0 Å². The molecule has 2 rings (SSSR count). The maximum atomic E-state index is 3.80. The first-order valence-electron chi connectivity index (χ1n) is 11.0. The summed E-state index contributed by atoms with van der Waals surface area (Å²) in [5.74, 6) is 0. The highest BCUT2D eigenvalue weighted by molar-refractivity contribution is 9.11. The minimum atomic E-state index is 0.171. The number of halogens is 1. The van der Waals surface area contributed by atoms with Crippen LogP contribution in [0.1, 0.15) is 66.5 Å². The third-order valence-corrected chi connectivity index (χ3v) is 7.02. The van der Waals surface area contributed by atoms with Crippen molar-refractivity contribution in [2.45, 2.75) is 83.4 Å². The van der Waals surface area contributed by atoms with Crippen LogP contribution in [0.25, 0.3) is 10.9 Å². The average molecular weight is 489 g/mol. The molecule has 1 nitrogen and oxygen atoms in total. The van der Waals surface area contributed by atoms with E-state index in [1.807, 2.05) is 23.9 Å². The van der Waals surface area contributed by atoms with Crippen molar-refractivity contribution in [2.75, 3.05) is 0 Å². The summed E-state index contributed by atoms with van der Waals surface area (Å²) in [4.78, 5) is 1.46. The van der Waals surface area contributed by atoms with Crippen LogP contribution in [0.3, 0.4) is 0 Å². The van der Waals surface area contributed by atoms with Gasteiger partial charge >= 0.3 is 0 Å². The number of hydrogen-bond acceptors (Lipinski definition) is 1. The summed E-state index contributed by atoms with van der Waals surface area (Å²) in [6.45, 7) is 18.7. The fraction of sp³-hybridized carbons (Fsp3) is 0.481. The van der Waals surface area contributed by atoms with E-state index in [9.17, 15) is 0 Å². The smallest absolute Gasteiger partial charge is 0.0497 e. The molecule has 0 aliphatic carbocycles. The van der Waals surface area contributed by atoms with Crippen molar-refractivity contribution in [1.82, 2.24) is 4.57 Å². The lowest BCUT2D eigenvalue weighted by Gasteiger charge is -2.27. The fourth-order valence-electron chi connectivity index (χ4n) is 3.72. The summed E-state index contributed by atoms with van der Waals surface area (Å²) in [7, 11) is 0. The molecule has 1 aromatic heterocycles. The maximum absolute atomic E-state index is 3.80. The van der Waals surface area contributed by atoms with Gasteiger partial charge in [0.2, 0.25) is 0 Å². The van der Waals surface area contributed by atoms with Crippen LogP contribution >= 0.6 is 27.7 Å². The average Bonchev–Trinajstić information content (AvgIpc) is 2.94. The second-order valence-corrected chi connectivity index (χ2v) is 12.5. The summed E-state index contributed by atoms with van der Waals surface area (Å²) in [5, 5.41) is 1.38. The molecule has 0 spiro atoms. The molecule has 30 heavy (non-hydrogen) atoms. The van der Waals surface area contributed by atoms with E-state index >= 15 is 0 Å². The molecule has 0 amide bonds. The van der Waals surface area contributed by atoms with Gasteiger partial charge in [0.15, 0.2) is 0 Å². The topological polar surface area (TPSA) is 4.93 Å². The summed E-state index contributed by atoms with van der Waals surface area (Å²) in [6.07, 6.45) is 13.1. The zero-order valence-electron chi connectivity index (χ0n) is 19.6. The van der Waals surface area contributed by atoms with E-state index in [0.29, 0.717) is 0 Å². The number of fused-ring (bicyclic) bond motifs is 1. The first-order valence-corrected chi connectivity index (χ1v) is 12.6. The number of para-hydroxylation sites is 1. The Balaban J connectivity index is 2.56. The van der Waals surface area contributed by atoms with E-state index in [4.69, 9.17) is 0 Å². The van der Waals surface area contributed by atoms with Gasteiger partial charge in [-0.2, -0.15) is 0 Å². The Labute approximate surface area is 196 Å². The van der Waals surface area contributed by atoms with E-state index < -0.39 is 0 Å². The number of nitrogens with zero attached hydrogens (tertiary/aromatic N) is 1. The molecule has 0 bridgehead atoms. The van der Waals surface area contributed by atoms with Gasteiger partial charge in [0.25, 0.3) is 0 Å². The molecule has 1 aromatic carbocycles. The van der Waals surface area contributed by atoms with Gasteiger partial charge in [0, 0.05) is 37.3 Å². The van der Waals surface area contributed by atoms with E-state index in [2.05, 4.69) is 105 Å². The number of benzene rings is 1. The Morgan fingerprint density at radius 3 is 2.50 bits per heavy atom. The Morgan fingerprint density at radius 1 is 1.17 bits per heavy atom.